The Morgan fingerprint density at radius 2 is 2.00 bits per heavy atom. The van der Waals surface area contributed by atoms with E-state index in [1.54, 1.807) is 13.8 Å². The highest BCUT2D eigenvalue weighted by Gasteiger charge is 2.21. The second-order valence-corrected chi connectivity index (χ2v) is 4.72. The molecule has 2 rings (SSSR count). The Morgan fingerprint density at radius 1 is 1.32 bits per heavy atom. The van der Waals surface area contributed by atoms with Crippen molar-refractivity contribution in [3.05, 3.63) is 17.1 Å². The first kappa shape index (κ1) is 13.2. The van der Waals surface area contributed by atoms with Gasteiger partial charge in [-0.2, -0.15) is 4.37 Å². The maximum absolute atomic E-state index is 11.8. The van der Waals surface area contributed by atoms with E-state index in [2.05, 4.69) is 14.7 Å². The highest BCUT2D eigenvalue weighted by atomic mass is 32.1. The van der Waals surface area contributed by atoms with Gasteiger partial charge in [0.25, 0.3) is 5.91 Å². The molecule has 0 aliphatic carbocycles. The molecular weight excluding hydrogens is 270 g/mol. The van der Waals surface area contributed by atoms with Gasteiger partial charge >= 0.3 is 5.97 Å². The number of aromatic nitrogens is 2. The van der Waals surface area contributed by atoms with Gasteiger partial charge in [0, 0.05) is 0 Å². The SMILES string of the molecule is Cc1nc(C(=O)NCC(=O)O)c(O)c2c(C)nsc12. The number of carboxylic acids is 1. The smallest absolute Gasteiger partial charge is 0.322 e. The number of carbonyl (C=O) groups excluding carboxylic acids is 1. The number of carboxylic acid groups (broad SMARTS) is 1. The van der Waals surface area contributed by atoms with Crippen molar-refractivity contribution in [1.29, 1.82) is 0 Å². The van der Waals surface area contributed by atoms with Gasteiger partial charge in [-0.25, -0.2) is 4.98 Å². The van der Waals surface area contributed by atoms with Gasteiger partial charge in [-0.05, 0) is 25.4 Å². The van der Waals surface area contributed by atoms with E-state index < -0.39 is 18.4 Å². The van der Waals surface area contributed by atoms with Crippen LogP contribution in [0.3, 0.4) is 0 Å². The first-order valence-electron chi connectivity index (χ1n) is 5.37. The van der Waals surface area contributed by atoms with Crippen LogP contribution in [0.15, 0.2) is 0 Å². The van der Waals surface area contributed by atoms with Crippen LogP contribution in [0, 0.1) is 13.8 Å². The van der Waals surface area contributed by atoms with Crippen molar-refractivity contribution in [1.82, 2.24) is 14.7 Å². The van der Waals surface area contributed by atoms with E-state index in [0.29, 0.717) is 21.5 Å². The van der Waals surface area contributed by atoms with Crippen LogP contribution in [-0.2, 0) is 4.79 Å². The highest BCUT2D eigenvalue weighted by Crippen LogP contribution is 2.34. The molecule has 0 fully saturated rings. The number of aromatic hydroxyl groups is 1. The lowest BCUT2D eigenvalue weighted by Crippen LogP contribution is -2.30. The number of rotatable bonds is 3. The predicted molar refractivity (Wildman–Crippen MR) is 68.5 cm³/mol. The minimum atomic E-state index is -1.17. The highest BCUT2D eigenvalue weighted by molar-refractivity contribution is 7.13. The molecule has 7 nitrogen and oxygen atoms in total. The minimum Gasteiger partial charge on any atom is -0.505 e. The number of aryl methyl sites for hydroxylation is 2. The average molecular weight is 281 g/mol. The van der Waals surface area contributed by atoms with Crippen LogP contribution in [0.4, 0.5) is 0 Å². The van der Waals surface area contributed by atoms with Gasteiger partial charge in [-0.3, -0.25) is 9.59 Å². The summed E-state index contributed by atoms with van der Waals surface area (Å²) < 4.78 is 4.82. The Bertz CT molecular complexity index is 680. The number of hydrogen-bond donors (Lipinski definition) is 3. The number of aliphatic carboxylic acids is 1. The normalized spacial score (nSPS) is 10.6. The zero-order valence-electron chi connectivity index (χ0n) is 10.2. The number of fused-ring (bicyclic) bond motifs is 1. The second-order valence-electron chi connectivity index (χ2n) is 3.94. The van der Waals surface area contributed by atoms with E-state index in [9.17, 15) is 14.7 Å². The molecule has 0 saturated carbocycles. The van der Waals surface area contributed by atoms with Crippen LogP contribution in [0.1, 0.15) is 21.9 Å². The van der Waals surface area contributed by atoms with E-state index in [1.807, 2.05) is 0 Å². The summed E-state index contributed by atoms with van der Waals surface area (Å²) in [5.74, 6) is -2.16. The van der Waals surface area contributed by atoms with Gasteiger partial charge in [-0.1, -0.05) is 0 Å². The molecule has 0 spiro atoms. The number of nitrogens with one attached hydrogen (secondary N) is 1. The molecule has 0 aliphatic rings. The van der Waals surface area contributed by atoms with Gasteiger partial charge in [-0.15, -0.1) is 0 Å². The molecule has 2 heterocycles. The van der Waals surface area contributed by atoms with E-state index in [-0.39, 0.29) is 11.4 Å². The third-order valence-electron chi connectivity index (χ3n) is 2.55. The van der Waals surface area contributed by atoms with Crippen molar-refractivity contribution in [3.63, 3.8) is 0 Å². The topological polar surface area (TPSA) is 112 Å². The minimum absolute atomic E-state index is 0.186. The van der Waals surface area contributed by atoms with Gasteiger partial charge in [0.05, 0.1) is 21.5 Å². The van der Waals surface area contributed by atoms with E-state index in [0.717, 1.165) is 0 Å². The monoisotopic (exact) mass is 281 g/mol. The summed E-state index contributed by atoms with van der Waals surface area (Å²) in [5.41, 5.74) is 0.990. The first-order chi connectivity index (χ1) is 8.91. The van der Waals surface area contributed by atoms with Crippen molar-refractivity contribution in [3.8, 4) is 5.75 Å². The predicted octanol–water partition coefficient (Wildman–Crippen LogP) is 0.828. The van der Waals surface area contributed by atoms with Crippen LogP contribution in [0.2, 0.25) is 0 Å². The number of amides is 1. The van der Waals surface area contributed by atoms with E-state index in [1.165, 1.54) is 11.5 Å². The Balaban J connectivity index is 2.49. The van der Waals surface area contributed by atoms with Gasteiger partial charge in [0.1, 0.15) is 6.54 Å². The fourth-order valence-corrected chi connectivity index (χ4v) is 2.52. The molecule has 0 radical (unpaired) electrons. The fraction of sp³-hybridized carbons (Fsp3) is 0.273. The van der Waals surface area contributed by atoms with Crippen molar-refractivity contribution < 1.29 is 19.8 Å². The Morgan fingerprint density at radius 3 is 2.63 bits per heavy atom. The molecule has 8 heteroatoms. The lowest BCUT2D eigenvalue weighted by Gasteiger charge is -2.07. The number of pyridine rings is 1. The third kappa shape index (κ3) is 2.34. The van der Waals surface area contributed by atoms with E-state index in [4.69, 9.17) is 5.11 Å². The molecule has 1 amide bonds. The molecule has 0 aliphatic heterocycles. The summed E-state index contributed by atoms with van der Waals surface area (Å²) in [5, 5.41) is 21.2. The van der Waals surface area contributed by atoms with E-state index >= 15 is 0 Å². The van der Waals surface area contributed by atoms with Crippen LogP contribution < -0.4 is 5.32 Å². The standard InChI is InChI=1S/C11H11N3O4S/c1-4-7-9(17)8(11(18)12-3-6(15)16)13-5(2)10(7)19-14-4/h17H,3H2,1-2H3,(H,12,18)(H,15,16). The van der Waals surface area contributed by atoms with Gasteiger partial charge < -0.3 is 15.5 Å². The molecule has 19 heavy (non-hydrogen) atoms. The summed E-state index contributed by atoms with van der Waals surface area (Å²) >= 11 is 1.20. The molecule has 0 saturated heterocycles. The summed E-state index contributed by atoms with van der Waals surface area (Å²) in [4.78, 5) is 26.2. The van der Waals surface area contributed by atoms with Crippen molar-refractivity contribution in [2.45, 2.75) is 13.8 Å². The molecule has 3 N–H and O–H groups in total. The summed E-state index contributed by atoms with van der Waals surface area (Å²) in [6.45, 7) is 2.89. The molecule has 0 bridgehead atoms. The number of carbonyl (C=O) groups is 2. The summed E-state index contributed by atoms with van der Waals surface area (Å²) in [6, 6.07) is 0. The summed E-state index contributed by atoms with van der Waals surface area (Å²) in [6.07, 6.45) is 0. The fourth-order valence-electron chi connectivity index (χ4n) is 1.68. The third-order valence-corrected chi connectivity index (χ3v) is 3.59. The molecule has 0 atom stereocenters. The van der Waals surface area contributed by atoms with Gasteiger partial charge in [0.2, 0.25) is 0 Å². The van der Waals surface area contributed by atoms with Crippen LogP contribution >= 0.6 is 11.5 Å². The largest absolute Gasteiger partial charge is 0.505 e. The Kier molecular flexibility index (Phi) is 3.34. The quantitative estimate of drug-likeness (QED) is 0.768. The zero-order valence-corrected chi connectivity index (χ0v) is 11.0. The van der Waals surface area contributed by atoms with Crippen LogP contribution in [-0.4, -0.2) is 38.0 Å². The molecule has 2 aromatic heterocycles. The second kappa shape index (κ2) is 4.81. The molecule has 2 aromatic rings. The first-order valence-corrected chi connectivity index (χ1v) is 6.14. The maximum Gasteiger partial charge on any atom is 0.322 e. The average Bonchev–Trinajstić information content (AvgIpc) is 2.73. The zero-order chi connectivity index (χ0) is 14.2. The van der Waals surface area contributed by atoms with Crippen molar-refractivity contribution in [2.24, 2.45) is 0 Å². The molecular formula is C11H11N3O4S. The van der Waals surface area contributed by atoms with Gasteiger partial charge in [0.15, 0.2) is 11.4 Å². The Hall–Kier alpha value is -2.22. The Labute approximate surface area is 112 Å². The number of hydrogen-bond acceptors (Lipinski definition) is 6. The van der Waals surface area contributed by atoms with Crippen LogP contribution in [0.25, 0.3) is 10.1 Å². The summed E-state index contributed by atoms with van der Waals surface area (Å²) in [7, 11) is 0. The molecule has 100 valence electrons. The van der Waals surface area contributed by atoms with Crippen LogP contribution in [0.5, 0.6) is 5.75 Å². The molecule has 0 aromatic carbocycles. The lowest BCUT2D eigenvalue weighted by molar-refractivity contribution is -0.135. The lowest BCUT2D eigenvalue weighted by atomic mass is 10.1. The molecule has 0 unspecified atom stereocenters. The number of nitrogens with zero attached hydrogens (tertiary/aromatic N) is 2. The maximum atomic E-state index is 11.8. The van der Waals surface area contributed by atoms with Crippen molar-refractivity contribution in [2.75, 3.05) is 6.54 Å². The van der Waals surface area contributed by atoms with Crippen molar-refractivity contribution >= 4 is 33.5 Å².